The molecule has 7 aromatic carbocycles. The highest BCUT2D eigenvalue weighted by atomic mass is 16.3. The molecule has 228 valence electrons. The largest absolute Gasteiger partial charge is 0.456 e. The quantitative estimate of drug-likeness (QED) is 0.183. The first kappa shape index (κ1) is 27.5. The number of nitrogens with zero attached hydrogens (tertiary/aromatic N) is 3. The van der Waals surface area contributed by atoms with Gasteiger partial charge < -0.3 is 4.42 Å². The van der Waals surface area contributed by atoms with E-state index in [2.05, 4.69) is 133 Å². The minimum Gasteiger partial charge on any atom is -0.456 e. The smallest absolute Gasteiger partial charge is 0.160 e. The van der Waals surface area contributed by atoms with Crippen molar-refractivity contribution in [2.75, 3.05) is 0 Å². The summed E-state index contributed by atoms with van der Waals surface area (Å²) in [6.07, 6.45) is 1.83. The summed E-state index contributed by atoms with van der Waals surface area (Å²) in [7, 11) is 0. The van der Waals surface area contributed by atoms with E-state index in [1.165, 1.54) is 32.3 Å². The molecular weight excluding hydrogens is 599 g/mol. The van der Waals surface area contributed by atoms with Crippen LogP contribution in [0.3, 0.4) is 0 Å². The normalized spacial score (nSPS) is 11.7. The number of pyridine rings is 1. The van der Waals surface area contributed by atoms with Crippen LogP contribution >= 0.6 is 0 Å². The second kappa shape index (κ2) is 11.0. The van der Waals surface area contributed by atoms with Crippen molar-refractivity contribution in [3.05, 3.63) is 164 Å². The molecule has 0 bridgehead atoms. The summed E-state index contributed by atoms with van der Waals surface area (Å²) in [5.74, 6) is 0.646. The van der Waals surface area contributed by atoms with E-state index in [-0.39, 0.29) is 0 Å². The minimum atomic E-state index is 0.646. The lowest BCUT2D eigenvalue weighted by atomic mass is 9.98. The van der Waals surface area contributed by atoms with E-state index in [0.29, 0.717) is 5.82 Å². The maximum absolute atomic E-state index is 6.19. The maximum Gasteiger partial charge on any atom is 0.160 e. The molecule has 0 aliphatic carbocycles. The molecule has 0 spiro atoms. The molecule has 3 aromatic heterocycles. The number of furan rings is 1. The Morgan fingerprint density at radius 1 is 0.347 bits per heavy atom. The van der Waals surface area contributed by atoms with Crippen molar-refractivity contribution in [3.8, 4) is 45.2 Å². The molecule has 4 heteroatoms. The highest BCUT2D eigenvalue weighted by Gasteiger charge is 2.15. The molecule has 0 fully saturated rings. The Morgan fingerprint density at radius 3 is 1.80 bits per heavy atom. The van der Waals surface area contributed by atoms with Crippen LogP contribution in [0.15, 0.2) is 168 Å². The number of hydrogen-bond donors (Lipinski definition) is 0. The molecule has 0 radical (unpaired) electrons. The molecule has 0 unspecified atom stereocenters. The van der Waals surface area contributed by atoms with Gasteiger partial charge in [-0.2, -0.15) is 0 Å². The van der Waals surface area contributed by atoms with Gasteiger partial charge in [-0.15, -0.1) is 0 Å². The zero-order valence-corrected chi connectivity index (χ0v) is 26.3. The molecule has 10 rings (SSSR count). The van der Waals surface area contributed by atoms with Crippen molar-refractivity contribution in [3.63, 3.8) is 0 Å². The Kier molecular flexibility index (Phi) is 6.15. The van der Waals surface area contributed by atoms with Crippen LogP contribution in [0.2, 0.25) is 0 Å². The molecular formula is C45H27N3O. The Bertz CT molecular complexity index is 2900. The monoisotopic (exact) mass is 625 g/mol. The van der Waals surface area contributed by atoms with Gasteiger partial charge in [0.05, 0.1) is 17.1 Å². The Hall–Kier alpha value is -6.65. The maximum atomic E-state index is 6.19. The summed E-state index contributed by atoms with van der Waals surface area (Å²) in [6.45, 7) is 0. The van der Waals surface area contributed by atoms with Crippen LogP contribution in [0.4, 0.5) is 0 Å². The lowest BCUT2D eigenvalue weighted by Gasteiger charge is -2.12. The van der Waals surface area contributed by atoms with Crippen LogP contribution in [0.1, 0.15) is 0 Å². The van der Waals surface area contributed by atoms with Crippen molar-refractivity contribution >= 4 is 54.3 Å². The van der Waals surface area contributed by atoms with E-state index in [4.69, 9.17) is 19.4 Å². The zero-order valence-electron chi connectivity index (χ0n) is 26.3. The van der Waals surface area contributed by atoms with Crippen LogP contribution in [0.25, 0.3) is 99.4 Å². The van der Waals surface area contributed by atoms with E-state index in [0.717, 1.165) is 61.3 Å². The van der Waals surface area contributed by atoms with E-state index >= 15 is 0 Å². The van der Waals surface area contributed by atoms with Gasteiger partial charge in [-0.3, -0.25) is 4.98 Å². The highest BCUT2D eigenvalue weighted by Crippen LogP contribution is 2.35. The van der Waals surface area contributed by atoms with Gasteiger partial charge in [-0.05, 0) is 80.8 Å². The molecule has 4 nitrogen and oxygen atoms in total. The number of hydrogen-bond acceptors (Lipinski definition) is 4. The third-order valence-corrected chi connectivity index (χ3v) is 9.50. The van der Waals surface area contributed by atoms with Crippen molar-refractivity contribution < 1.29 is 4.42 Å². The van der Waals surface area contributed by atoms with Gasteiger partial charge in [0.1, 0.15) is 11.2 Å². The van der Waals surface area contributed by atoms with Crippen LogP contribution in [-0.4, -0.2) is 15.0 Å². The summed E-state index contributed by atoms with van der Waals surface area (Å²) in [5, 5.41) is 9.46. The minimum absolute atomic E-state index is 0.646. The molecule has 0 aliphatic rings. The van der Waals surface area contributed by atoms with Gasteiger partial charge in [0, 0.05) is 39.2 Å². The van der Waals surface area contributed by atoms with Gasteiger partial charge >= 0.3 is 0 Å². The summed E-state index contributed by atoms with van der Waals surface area (Å²) in [6, 6.07) is 55.0. The van der Waals surface area contributed by atoms with Crippen LogP contribution in [-0.2, 0) is 0 Å². The molecule has 0 amide bonds. The van der Waals surface area contributed by atoms with Crippen molar-refractivity contribution in [1.82, 2.24) is 15.0 Å². The fraction of sp³-hybridized carbons (Fsp3) is 0. The highest BCUT2D eigenvalue weighted by molar-refractivity contribution is 6.08. The fourth-order valence-electron chi connectivity index (χ4n) is 7.01. The molecule has 0 saturated carbocycles. The number of rotatable bonds is 4. The summed E-state index contributed by atoms with van der Waals surface area (Å²) in [5.41, 5.74) is 8.23. The molecule has 3 heterocycles. The van der Waals surface area contributed by atoms with E-state index in [1.807, 2.05) is 30.5 Å². The molecule has 0 aliphatic heterocycles. The standard InChI is InChI=1S/C45H27N3O/c1-2-9-30-23-32(16-13-28(30)7-1)41-27-42(33-17-19-37-31(24-33)15-14-29-8-3-4-10-36(29)37)48-45(47-41)35-21-22-46-40(25-35)34-18-20-39-38-11-5-6-12-43(38)49-44(39)26-34/h1-27H. The number of para-hydroxylation sites is 1. The Morgan fingerprint density at radius 2 is 0.939 bits per heavy atom. The van der Waals surface area contributed by atoms with Crippen LogP contribution in [0, 0.1) is 0 Å². The van der Waals surface area contributed by atoms with Gasteiger partial charge in [0.25, 0.3) is 0 Å². The molecule has 10 aromatic rings. The third-order valence-electron chi connectivity index (χ3n) is 9.50. The first-order chi connectivity index (χ1) is 24.2. The van der Waals surface area contributed by atoms with Gasteiger partial charge in [0.15, 0.2) is 5.82 Å². The summed E-state index contributed by atoms with van der Waals surface area (Å²) in [4.78, 5) is 15.1. The van der Waals surface area contributed by atoms with Crippen LogP contribution < -0.4 is 0 Å². The average Bonchev–Trinajstić information content (AvgIpc) is 3.55. The molecule has 49 heavy (non-hydrogen) atoms. The predicted octanol–water partition coefficient (Wildman–Crippen LogP) is 11.9. The number of benzene rings is 7. The Balaban J connectivity index is 1.13. The van der Waals surface area contributed by atoms with E-state index in [1.54, 1.807) is 0 Å². The third kappa shape index (κ3) is 4.73. The molecule has 0 N–H and O–H groups in total. The van der Waals surface area contributed by atoms with Crippen molar-refractivity contribution in [2.45, 2.75) is 0 Å². The van der Waals surface area contributed by atoms with Crippen LogP contribution in [0.5, 0.6) is 0 Å². The topological polar surface area (TPSA) is 51.8 Å². The molecule has 0 saturated heterocycles. The zero-order chi connectivity index (χ0) is 32.3. The van der Waals surface area contributed by atoms with Gasteiger partial charge in [-0.25, -0.2) is 9.97 Å². The first-order valence-corrected chi connectivity index (χ1v) is 16.4. The fourth-order valence-corrected chi connectivity index (χ4v) is 7.01. The first-order valence-electron chi connectivity index (χ1n) is 16.4. The summed E-state index contributed by atoms with van der Waals surface area (Å²) >= 11 is 0. The van der Waals surface area contributed by atoms with E-state index < -0.39 is 0 Å². The molecule has 0 atom stereocenters. The lowest BCUT2D eigenvalue weighted by molar-refractivity contribution is 0.669. The lowest BCUT2D eigenvalue weighted by Crippen LogP contribution is -1.97. The number of fused-ring (bicyclic) bond motifs is 7. The van der Waals surface area contributed by atoms with Gasteiger partial charge in [-0.1, -0.05) is 109 Å². The summed E-state index contributed by atoms with van der Waals surface area (Å²) < 4.78 is 6.19. The van der Waals surface area contributed by atoms with Gasteiger partial charge in [0.2, 0.25) is 0 Å². The average molecular weight is 626 g/mol. The second-order valence-corrected chi connectivity index (χ2v) is 12.5. The van der Waals surface area contributed by atoms with Crippen molar-refractivity contribution in [2.24, 2.45) is 0 Å². The Labute approximate surface area is 282 Å². The van der Waals surface area contributed by atoms with Crippen molar-refractivity contribution in [1.29, 1.82) is 0 Å². The van der Waals surface area contributed by atoms with E-state index in [9.17, 15) is 0 Å². The number of aromatic nitrogens is 3. The predicted molar refractivity (Wildman–Crippen MR) is 201 cm³/mol. The second-order valence-electron chi connectivity index (χ2n) is 12.5. The SMILES string of the molecule is c1ccc2cc(-c3cc(-c4ccc5c(ccc6ccccc65)c4)nc(-c4ccnc(-c5ccc6c(c5)oc5ccccc56)c4)n3)ccc2c1.